The lowest BCUT2D eigenvalue weighted by Crippen LogP contribution is -2.14. The molecule has 2 N–H and O–H groups in total. The summed E-state index contributed by atoms with van der Waals surface area (Å²) in [6.07, 6.45) is 1.62. The predicted molar refractivity (Wildman–Crippen MR) is 104 cm³/mol. The molecule has 0 radical (unpaired) electrons. The van der Waals surface area contributed by atoms with E-state index in [9.17, 15) is 9.18 Å². The van der Waals surface area contributed by atoms with Gasteiger partial charge in [-0.25, -0.2) is 9.37 Å². The van der Waals surface area contributed by atoms with Crippen LogP contribution in [0, 0.1) is 5.82 Å². The highest BCUT2D eigenvalue weighted by atomic mass is 35.5. The average molecular weight is 386 g/mol. The van der Waals surface area contributed by atoms with Crippen molar-refractivity contribution in [2.24, 2.45) is 0 Å². The van der Waals surface area contributed by atoms with Gasteiger partial charge in [-0.3, -0.25) is 4.79 Å². The fraction of sp³-hybridized carbons (Fsp3) is 0.100. The Kier molecular flexibility index (Phi) is 5.88. The second-order valence-electron chi connectivity index (χ2n) is 5.76. The Labute approximate surface area is 161 Å². The van der Waals surface area contributed by atoms with Crippen LogP contribution >= 0.6 is 11.6 Å². The molecular weight excluding hydrogens is 369 g/mol. The van der Waals surface area contributed by atoms with Crippen LogP contribution in [0.5, 0.6) is 5.75 Å². The Morgan fingerprint density at radius 2 is 1.96 bits per heavy atom. The maximum absolute atomic E-state index is 13.2. The minimum atomic E-state index is -0.365. The van der Waals surface area contributed by atoms with E-state index in [-0.39, 0.29) is 18.1 Å². The molecule has 1 aromatic heterocycles. The SMILES string of the molecule is COc1ccc(Nc2ccc(NC(=O)Cc3cccc(F)c3)cn2)cc1Cl. The van der Waals surface area contributed by atoms with Gasteiger partial charge in [0.1, 0.15) is 17.4 Å². The van der Waals surface area contributed by atoms with Crippen LogP contribution in [0.15, 0.2) is 60.8 Å². The third-order valence-electron chi connectivity index (χ3n) is 3.73. The quantitative estimate of drug-likeness (QED) is 0.639. The van der Waals surface area contributed by atoms with Crippen molar-refractivity contribution in [2.45, 2.75) is 6.42 Å². The summed E-state index contributed by atoms with van der Waals surface area (Å²) in [4.78, 5) is 16.3. The highest BCUT2D eigenvalue weighted by Crippen LogP contribution is 2.28. The molecule has 0 bridgehead atoms. The topological polar surface area (TPSA) is 63.2 Å². The standard InChI is InChI=1S/C20H17ClFN3O2/c1-27-18-7-5-15(11-17(18)21)24-19-8-6-16(12-23-19)25-20(26)10-13-3-2-4-14(22)9-13/h2-9,11-12H,10H2,1H3,(H,23,24)(H,25,26). The lowest BCUT2D eigenvalue weighted by atomic mass is 10.1. The normalized spacial score (nSPS) is 10.3. The van der Waals surface area contributed by atoms with Crippen molar-refractivity contribution in [2.75, 3.05) is 17.7 Å². The molecule has 138 valence electrons. The van der Waals surface area contributed by atoms with Crippen LogP contribution in [0.2, 0.25) is 5.02 Å². The summed E-state index contributed by atoms with van der Waals surface area (Å²) in [5.41, 5.74) is 1.92. The molecule has 0 aliphatic rings. The summed E-state index contributed by atoms with van der Waals surface area (Å²) in [6.45, 7) is 0. The van der Waals surface area contributed by atoms with E-state index in [0.717, 1.165) is 5.69 Å². The van der Waals surface area contributed by atoms with Crippen molar-refractivity contribution >= 4 is 34.7 Å². The van der Waals surface area contributed by atoms with Crippen LogP contribution in [0.25, 0.3) is 0 Å². The number of hydrogen-bond acceptors (Lipinski definition) is 4. The van der Waals surface area contributed by atoms with Gasteiger partial charge in [-0.15, -0.1) is 0 Å². The molecule has 2 aromatic carbocycles. The second-order valence-corrected chi connectivity index (χ2v) is 6.17. The zero-order valence-electron chi connectivity index (χ0n) is 14.5. The molecule has 5 nitrogen and oxygen atoms in total. The zero-order chi connectivity index (χ0) is 19.2. The summed E-state index contributed by atoms with van der Waals surface area (Å²) < 4.78 is 18.3. The number of rotatable bonds is 6. The Morgan fingerprint density at radius 3 is 2.63 bits per heavy atom. The summed E-state index contributed by atoms with van der Waals surface area (Å²) >= 11 is 6.10. The van der Waals surface area contributed by atoms with Crippen LogP contribution in [0.3, 0.4) is 0 Å². The minimum Gasteiger partial charge on any atom is -0.495 e. The molecule has 3 aromatic rings. The van der Waals surface area contributed by atoms with Gasteiger partial charge in [-0.2, -0.15) is 0 Å². The van der Waals surface area contributed by atoms with E-state index < -0.39 is 0 Å². The molecule has 0 fully saturated rings. The average Bonchev–Trinajstić information content (AvgIpc) is 2.63. The Bertz CT molecular complexity index is 948. The number of benzene rings is 2. The van der Waals surface area contributed by atoms with Crippen LogP contribution in [-0.4, -0.2) is 18.0 Å². The molecule has 7 heteroatoms. The molecule has 0 aliphatic heterocycles. The second kappa shape index (κ2) is 8.51. The molecule has 1 heterocycles. The number of amides is 1. The first-order valence-electron chi connectivity index (χ1n) is 8.14. The summed E-state index contributed by atoms with van der Waals surface area (Å²) in [7, 11) is 1.55. The highest BCUT2D eigenvalue weighted by Gasteiger charge is 2.06. The molecule has 27 heavy (non-hydrogen) atoms. The van der Waals surface area contributed by atoms with Crippen molar-refractivity contribution in [3.63, 3.8) is 0 Å². The monoisotopic (exact) mass is 385 g/mol. The number of methoxy groups -OCH3 is 1. The fourth-order valence-electron chi connectivity index (χ4n) is 2.47. The van der Waals surface area contributed by atoms with Crippen LogP contribution in [0.4, 0.5) is 21.6 Å². The Hall–Kier alpha value is -3.12. The number of carbonyl (C=O) groups excluding carboxylic acids is 1. The van der Waals surface area contributed by atoms with E-state index in [1.807, 2.05) is 6.07 Å². The van der Waals surface area contributed by atoms with Crippen LogP contribution in [0.1, 0.15) is 5.56 Å². The smallest absolute Gasteiger partial charge is 0.228 e. The van der Waals surface area contributed by atoms with Gasteiger partial charge in [0.2, 0.25) is 5.91 Å². The van der Waals surface area contributed by atoms with E-state index in [2.05, 4.69) is 15.6 Å². The van der Waals surface area contributed by atoms with Crippen molar-refractivity contribution < 1.29 is 13.9 Å². The Morgan fingerprint density at radius 1 is 1.15 bits per heavy atom. The molecule has 1 amide bonds. The number of halogens is 2. The van der Waals surface area contributed by atoms with Crippen LogP contribution < -0.4 is 15.4 Å². The summed E-state index contributed by atoms with van der Waals surface area (Å²) in [5, 5.41) is 6.34. The third kappa shape index (κ3) is 5.18. The van der Waals surface area contributed by atoms with Gasteiger partial charge in [0.25, 0.3) is 0 Å². The molecule has 0 atom stereocenters. The largest absolute Gasteiger partial charge is 0.495 e. The highest BCUT2D eigenvalue weighted by molar-refractivity contribution is 6.32. The Balaban J connectivity index is 1.60. The molecular formula is C20H17ClFN3O2. The number of aromatic nitrogens is 1. The van der Waals surface area contributed by atoms with Gasteiger partial charge in [-0.1, -0.05) is 23.7 Å². The van der Waals surface area contributed by atoms with Crippen molar-refractivity contribution in [1.29, 1.82) is 0 Å². The van der Waals surface area contributed by atoms with Gasteiger partial charge in [-0.05, 0) is 48.0 Å². The van der Waals surface area contributed by atoms with E-state index in [1.54, 1.807) is 43.5 Å². The molecule has 0 aliphatic carbocycles. The fourth-order valence-corrected chi connectivity index (χ4v) is 2.73. The van der Waals surface area contributed by atoms with Crippen molar-refractivity contribution in [1.82, 2.24) is 4.98 Å². The number of hydrogen-bond donors (Lipinski definition) is 2. The maximum atomic E-state index is 13.2. The van der Waals surface area contributed by atoms with Gasteiger partial charge in [0, 0.05) is 5.69 Å². The molecule has 0 saturated carbocycles. The molecule has 0 saturated heterocycles. The molecule has 0 unspecified atom stereocenters. The summed E-state index contributed by atoms with van der Waals surface area (Å²) in [6, 6.07) is 14.7. The minimum absolute atomic E-state index is 0.0854. The van der Waals surface area contributed by atoms with Gasteiger partial charge < -0.3 is 15.4 Å². The molecule has 3 rings (SSSR count). The maximum Gasteiger partial charge on any atom is 0.228 e. The number of pyridine rings is 1. The summed E-state index contributed by atoms with van der Waals surface area (Å²) in [5.74, 6) is 0.576. The zero-order valence-corrected chi connectivity index (χ0v) is 15.3. The lowest BCUT2D eigenvalue weighted by molar-refractivity contribution is -0.115. The van der Waals surface area contributed by atoms with Gasteiger partial charge >= 0.3 is 0 Å². The van der Waals surface area contributed by atoms with Crippen molar-refractivity contribution in [3.05, 3.63) is 77.2 Å². The van der Waals surface area contributed by atoms with Crippen LogP contribution in [-0.2, 0) is 11.2 Å². The number of ether oxygens (including phenoxy) is 1. The van der Waals surface area contributed by atoms with E-state index >= 15 is 0 Å². The van der Waals surface area contributed by atoms with E-state index in [0.29, 0.717) is 27.8 Å². The number of nitrogens with one attached hydrogen (secondary N) is 2. The third-order valence-corrected chi connectivity index (χ3v) is 4.02. The predicted octanol–water partition coefficient (Wildman–Crippen LogP) is 4.81. The molecule has 0 spiro atoms. The number of carbonyl (C=O) groups is 1. The van der Waals surface area contributed by atoms with Gasteiger partial charge in [0.15, 0.2) is 0 Å². The first-order valence-corrected chi connectivity index (χ1v) is 8.52. The van der Waals surface area contributed by atoms with E-state index in [1.165, 1.54) is 18.3 Å². The first kappa shape index (κ1) is 18.7. The number of nitrogens with zero attached hydrogens (tertiary/aromatic N) is 1. The van der Waals surface area contributed by atoms with Gasteiger partial charge in [0.05, 0.1) is 30.4 Å². The number of anilines is 3. The lowest BCUT2D eigenvalue weighted by Gasteiger charge is -2.09. The van der Waals surface area contributed by atoms with E-state index in [4.69, 9.17) is 16.3 Å². The first-order chi connectivity index (χ1) is 13.0. The van der Waals surface area contributed by atoms with Crippen molar-refractivity contribution in [3.8, 4) is 5.75 Å².